The zero-order chi connectivity index (χ0) is 14.0. The number of nitrogens with one attached hydrogen (secondary N) is 1. The highest BCUT2D eigenvalue weighted by molar-refractivity contribution is 6.33. The molecule has 0 radical (unpaired) electrons. The standard InChI is InChI=1S/C13H14ClN3O2/c1-17(2)7-10-15-12(18)11(13(19)16-10)8-5-3-4-6-9(8)14/h3-6H,7H2,1-2H3,(H2,15,16,18,19). The van der Waals surface area contributed by atoms with Crippen LogP contribution in [0.4, 0.5) is 0 Å². The van der Waals surface area contributed by atoms with E-state index in [0.29, 0.717) is 23.0 Å². The van der Waals surface area contributed by atoms with E-state index in [9.17, 15) is 9.90 Å². The molecule has 1 heterocycles. The Bertz CT molecular complexity index is 653. The van der Waals surface area contributed by atoms with E-state index in [1.54, 1.807) is 24.3 Å². The number of aromatic hydroxyl groups is 1. The van der Waals surface area contributed by atoms with Crippen molar-refractivity contribution in [3.8, 4) is 17.0 Å². The normalized spacial score (nSPS) is 10.9. The van der Waals surface area contributed by atoms with Gasteiger partial charge in [0.2, 0.25) is 5.88 Å². The molecule has 0 fully saturated rings. The minimum absolute atomic E-state index is 0.0908. The van der Waals surface area contributed by atoms with Crippen molar-refractivity contribution in [2.75, 3.05) is 14.1 Å². The van der Waals surface area contributed by atoms with Crippen LogP contribution in [0.15, 0.2) is 29.1 Å². The molecule has 100 valence electrons. The monoisotopic (exact) mass is 279 g/mol. The molecule has 0 saturated carbocycles. The van der Waals surface area contributed by atoms with Crippen LogP contribution in [0, 0.1) is 0 Å². The second-order valence-electron chi connectivity index (χ2n) is 4.43. The molecule has 0 amide bonds. The van der Waals surface area contributed by atoms with Gasteiger partial charge in [0, 0.05) is 10.6 Å². The van der Waals surface area contributed by atoms with Crippen LogP contribution in [-0.4, -0.2) is 34.1 Å². The summed E-state index contributed by atoms with van der Waals surface area (Å²) in [6, 6.07) is 6.82. The second-order valence-corrected chi connectivity index (χ2v) is 4.84. The van der Waals surface area contributed by atoms with Crippen LogP contribution in [-0.2, 0) is 6.54 Å². The van der Waals surface area contributed by atoms with Crippen molar-refractivity contribution in [2.45, 2.75) is 6.54 Å². The molecular weight excluding hydrogens is 266 g/mol. The zero-order valence-electron chi connectivity index (χ0n) is 10.6. The molecule has 0 spiro atoms. The minimum atomic E-state index is -0.405. The molecule has 5 nitrogen and oxygen atoms in total. The Morgan fingerprint density at radius 2 is 2.05 bits per heavy atom. The van der Waals surface area contributed by atoms with Crippen LogP contribution in [0.3, 0.4) is 0 Å². The summed E-state index contributed by atoms with van der Waals surface area (Å²) in [5.74, 6) is 0.0944. The summed E-state index contributed by atoms with van der Waals surface area (Å²) in [5, 5.41) is 10.3. The van der Waals surface area contributed by atoms with Gasteiger partial charge in [-0.15, -0.1) is 0 Å². The van der Waals surface area contributed by atoms with Gasteiger partial charge in [-0.25, -0.2) is 0 Å². The maximum Gasteiger partial charge on any atom is 0.262 e. The maximum absolute atomic E-state index is 12.1. The Balaban J connectivity index is 2.55. The maximum atomic E-state index is 12.1. The summed E-state index contributed by atoms with van der Waals surface area (Å²) in [4.78, 5) is 20.5. The van der Waals surface area contributed by atoms with Crippen LogP contribution in [0.1, 0.15) is 5.82 Å². The molecule has 2 N–H and O–H groups in total. The fourth-order valence-corrected chi connectivity index (χ4v) is 2.02. The largest absolute Gasteiger partial charge is 0.493 e. The molecule has 0 atom stereocenters. The number of nitrogens with zero attached hydrogens (tertiary/aromatic N) is 2. The highest BCUT2D eigenvalue weighted by Crippen LogP contribution is 2.29. The molecule has 1 aromatic carbocycles. The Kier molecular flexibility index (Phi) is 3.87. The van der Waals surface area contributed by atoms with Gasteiger partial charge >= 0.3 is 0 Å². The first-order valence-corrected chi connectivity index (χ1v) is 6.08. The minimum Gasteiger partial charge on any atom is -0.493 e. The topological polar surface area (TPSA) is 69.2 Å². The summed E-state index contributed by atoms with van der Waals surface area (Å²) < 4.78 is 0. The van der Waals surface area contributed by atoms with Gasteiger partial charge in [-0.2, -0.15) is 4.98 Å². The summed E-state index contributed by atoms with van der Waals surface area (Å²) >= 11 is 6.03. The van der Waals surface area contributed by atoms with Crippen molar-refractivity contribution in [1.82, 2.24) is 14.9 Å². The lowest BCUT2D eigenvalue weighted by atomic mass is 10.1. The smallest absolute Gasteiger partial charge is 0.262 e. The van der Waals surface area contributed by atoms with Gasteiger partial charge < -0.3 is 15.0 Å². The third-order valence-corrected chi connectivity index (χ3v) is 2.89. The quantitative estimate of drug-likeness (QED) is 0.900. The number of rotatable bonds is 3. The lowest BCUT2D eigenvalue weighted by molar-refractivity contribution is 0.381. The number of benzene rings is 1. The van der Waals surface area contributed by atoms with Crippen molar-refractivity contribution in [3.63, 3.8) is 0 Å². The van der Waals surface area contributed by atoms with Crippen LogP contribution in [0.5, 0.6) is 5.88 Å². The van der Waals surface area contributed by atoms with E-state index in [0.717, 1.165) is 0 Å². The molecule has 1 aromatic heterocycles. The van der Waals surface area contributed by atoms with Crippen molar-refractivity contribution < 1.29 is 5.11 Å². The second kappa shape index (κ2) is 5.42. The fraction of sp³-hybridized carbons (Fsp3) is 0.231. The van der Waals surface area contributed by atoms with Gasteiger partial charge in [0.1, 0.15) is 11.4 Å². The zero-order valence-corrected chi connectivity index (χ0v) is 11.4. The molecule has 6 heteroatoms. The van der Waals surface area contributed by atoms with Crippen LogP contribution in [0.2, 0.25) is 5.02 Å². The molecule has 2 aromatic rings. The highest BCUT2D eigenvalue weighted by atomic mass is 35.5. The van der Waals surface area contributed by atoms with Crippen molar-refractivity contribution in [3.05, 3.63) is 45.5 Å². The van der Waals surface area contributed by atoms with Crippen molar-refractivity contribution >= 4 is 11.6 Å². The molecule has 0 aliphatic carbocycles. The molecule has 0 saturated heterocycles. The summed E-state index contributed by atoms with van der Waals surface area (Å²) in [6.07, 6.45) is 0. The molecular formula is C13H14ClN3O2. The van der Waals surface area contributed by atoms with E-state index >= 15 is 0 Å². The lowest BCUT2D eigenvalue weighted by Crippen LogP contribution is -2.19. The van der Waals surface area contributed by atoms with Crippen molar-refractivity contribution in [2.24, 2.45) is 0 Å². The molecule has 0 unspecified atom stereocenters. The van der Waals surface area contributed by atoms with Gasteiger partial charge in [0.15, 0.2) is 0 Å². The van der Waals surface area contributed by atoms with Crippen molar-refractivity contribution in [1.29, 1.82) is 0 Å². The first-order valence-electron chi connectivity index (χ1n) is 5.71. The van der Waals surface area contributed by atoms with E-state index < -0.39 is 5.56 Å². The molecule has 19 heavy (non-hydrogen) atoms. The predicted octanol–water partition coefficient (Wildman–Crippen LogP) is 1.86. The third kappa shape index (κ3) is 2.94. The van der Waals surface area contributed by atoms with E-state index in [4.69, 9.17) is 11.6 Å². The molecule has 2 rings (SSSR count). The fourth-order valence-electron chi connectivity index (χ4n) is 1.79. The first kappa shape index (κ1) is 13.6. The van der Waals surface area contributed by atoms with Gasteiger partial charge in [-0.05, 0) is 20.2 Å². The lowest BCUT2D eigenvalue weighted by Gasteiger charge is -2.10. The summed E-state index contributed by atoms with van der Waals surface area (Å²) in [5.41, 5.74) is 0.150. The number of aromatic amines is 1. The van der Waals surface area contributed by atoms with Crippen LogP contribution in [0.25, 0.3) is 11.1 Å². The van der Waals surface area contributed by atoms with E-state index in [1.165, 1.54) is 0 Å². The summed E-state index contributed by atoms with van der Waals surface area (Å²) in [7, 11) is 3.69. The van der Waals surface area contributed by atoms with E-state index in [1.807, 2.05) is 19.0 Å². The van der Waals surface area contributed by atoms with Gasteiger partial charge in [-0.1, -0.05) is 29.8 Å². The summed E-state index contributed by atoms with van der Waals surface area (Å²) in [6.45, 7) is 0.436. The first-order chi connectivity index (χ1) is 8.99. The highest BCUT2D eigenvalue weighted by Gasteiger charge is 2.15. The SMILES string of the molecule is CN(C)Cc1nc(O)c(-c2ccccc2Cl)c(=O)[nH]1. The number of halogens is 1. The Morgan fingerprint density at radius 3 is 2.63 bits per heavy atom. The number of hydrogen-bond donors (Lipinski definition) is 2. The molecule has 0 aliphatic heterocycles. The predicted molar refractivity (Wildman–Crippen MR) is 74.4 cm³/mol. The third-order valence-electron chi connectivity index (χ3n) is 2.56. The van der Waals surface area contributed by atoms with Crippen LogP contribution < -0.4 is 5.56 Å². The Morgan fingerprint density at radius 1 is 1.37 bits per heavy atom. The molecule has 0 bridgehead atoms. The number of hydrogen-bond acceptors (Lipinski definition) is 4. The van der Waals surface area contributed by atoms with E-state index in [-0.39, 0.29) is 11.4 Å². The van der Waals surface area contributed by atoms with E-state index in [2.05, 4.69) is 9.97 Å². The average Bonchev–Trinajstić information content (AvgIpc) is 2.29. The number of aromatic nitrogens is 2. The van der Waals surface area contributed by atoms with Gasteiger partial charge in [0.05, 0.1) is 6.54 Å². The van der Waals surface area contributed by atoms with Gasteiger partial charge in [0.25, 0.3) is 5.56 Å². The van der Waals surface area contributed by atoms with Gasteiger partial charge in [-0.3, -0.25) is 4.79 Å². The molecule has 0 aliphatic rings. The average molecular weight is 280 g/mol. The van der Waals surface area contributed by atoms with Crippen LogP contribution >= 0.6 is 11.6 Å². The Labute approximate surface area is 115 Å². The number of H-pyrrole nitrogens is 1. The Hall–Kier alpha value is -1.85.